The van der Waals surface area contributed by atoms with Crippen molar-refractivity contribution in [1.82, 2.24) is 14.8 Å². The maximum Gasteiger partial charge on any atom is 0.255 e. The summed E-state index contributed by atoms with van der Waals surface area (Å²) in [6, 6.07) is 23.8. The number of amides is 2. The molecular formula is C27H29N3O2S. The van der Waals surface area contributed by atoms with E-state index in [0.717, 1.165) is 42.1 Å². The zero-order valence-electron chi connectivity index (χ0n) is 18.9. The molecule has 1 fully saturated rings. The second-order valence-electron chi connectivity index (χ2n) is 8.31. The highest BCUT2D eigenvalue weighted by Crippen LogP contribution is 2.25. The molecule has 170 valence electrons. The molecule has 1 unspecified atom stereocenters. The van der Waals surface area contributed by atoms with Crippen LogP contribution in [-0.4, -0.2) is 44.9 Å². The third kappa shape index (κ3) is 6.23. The lowest BCUT2D eigenvalue weighted by Crippen LogP contribution is -2.35. The first-order chi connectivity index (χ1) is 16.1. The summed E-state index contributed by atoms with van der Waals surface area (Å²) in [7, 11) is 0. The molecule has 2 heterocycles. The molecular weight excluding hydrogens is 430 g/mol. The Morgan fingerprint density at radius 3 is 2.00 bits per heavy atom. The van der Waals surface area contributed by atoms with Crippen molar-refractivity contribution in [1.29, 1.82) is 0 Å². The lowest BCUT2D eigenvalue weighted by Gasteiger charge is -2.26. The van der Waals surface area contributed by atoms with Crippen LogP contribution in [0.15, 0.2) is 84.0 Å². The summed E-state index contributed by atoms with van der Waals surface area (Å²) < 4.78 is 0. The number of rotatable bonds is 8. The van der Waals surface area contributed by atoms with Gasteiger partial charge in [-0.1, -0.05) is 72.4 Å². The van der Waals surface area contributed by atoms with Gasteiger partial charge in [-0.15, -0.1) is 0 Å². The quantitative estimate of drug-likeness (QED) is 0.444. The van der Waals surface area contributed by atoms with Crippen LogP contribution in [0.25, 0.3) is 0 Å². The van der Waals surface area contributed by atoms with Crippen LogP contribution >= 0.6 is 11.8 Å². The van der Waals surface area contributed by atoms with Gasteiger partial charge in [0.2, 0.25) is 5.91 Å². The van der Waals surface area contributed by atoms with E-state index in [4.69, 9.17) is 0 Å². The van der Waals surface area contributed by atoms with Gasteiger partial charge in [0.25, 0.3) is 5.91 Å². The highest BCUT2D eigenvalue weighted by Gasteiger charge is 2.23. The summed E-state index contributed by atoms with van der Waals surface area (Å²) in [4.78, 5) is 34.2. The molecule has 1 aromatic heterocycles. The molecule has 3 aromatic rings. The zero-order valence-corrected chi connectivity index (χ0v) is 19.7. The number of carbonyl (C=O) groups is 2. The average Bonchev–Trinajstić information content (AvgIpc) is 3.40. The Balaban J connectivity index is 1.43. The summed E-state index contributed by atoms with van der Waals surface area (Å²) in [5, 5.41) is 0.443. The van der Waals surface area contributed by atoms with Crippen molar-refractivity contribution in [3.8, 4) is 0 Å². The summed E-state index contributed by atoms with van der Waals surface area (Å²) in [6.07, 6.45) is 3.76. The number of benzene rings is 2. The Kier molecular flexibility index (Phi) is 7.79. The maximum absolute atomic E-state index is 13.4. The molecule has 6 heteroatoms. The number of likely N-dealkylation sites (tertiary alicyclic amines) is 1. The highest BCUT2D eigenvalue weighted by molar-refractivity contribution is 8.00. The topological polar surface area (TPSA) is 53.5 Å². The minimum absolute atomic E-state index is 0.0394. The van der Waals surface area contributed by atoms with E-state index in [1.54, 1.807) is 6.20 Å². The highest BCUT2D eigenvalue weighted by atomic mass is 32.2. The molecule has 0 saturated carbocycles. The molecule has 1 saturated heterocycles. The van der Waals surface area contributed by atoms with E-state index in [-0.39, 0.29) is 17.1 Å². The average molecular weight is 460 g/mol. The lowest BCUT2D eigenvalue weighted by atomic mass is 10.1. The van der Waals surface area contributed by atoms with Crippen molar-refractivity contribution in [2.75, 3.05) is 13.1 Å². The van der Waals surface area contributed by atoms with Crippen molar-refractivity contribution in [2.45, 2.75) is 43.1 Å². The zero-order chi connectivity index (χ0) is 23.0. The largest absolute Gasteiger partial charge is 0.339 e. The smallest absolute Gasteiger partial charge is 0.255 e. The van der Waals surface area contributed by atoms with Gasteiger partial charge < -0.3 is 9.80 Å². The Bertz CT molecular complexity index is 1010. The van der Waals surface area contributed by atoms with E-state index < -0.39 is 0 Å². The fourth-order valence-electron chi connectivity index (χ4n) is 3.99. The first-order valence-electron chi connectivity index (χ1n) is 11.4. The summed E-state index contributed by atoms with van der Waals surface area (Å²) in [5.74, 6) is 0.101. The first-order valence-corrected chi connectivity index (χ1v) is 12.3. The number of hydrogen-bond acceptors (Lipinski definition) is 4. The predicted molar refractivity (Wildman–Crippen MR) is 132 cm³/mol. The molecule has 5 nitrogen and oxygen atoms in total. The number of pyridine rings is 1. The molecule has 1 aliphatic heterocycles. The number of thioether (sulfide) groups is 1. The second kappa shape index (κ2) is 11.1. The van der Waals surface area contributed by atoms with Gasteiger partial charge in [0, 0.05) is 32.4 Å². The number of nitrogens with zero attached hydrogens (tertiary/aromatic N) is 3. The van der Waals surface area contributed by atoms with Crippen LogP contribution < -0.4 is 0 Å². The van der Waals surface area contributed by atoms with Crippen molar-refractivity contribution >= 4 is 23.6 Å². The van der Waals surface area contributed by atoms with Crippen molar-refractivity contribution in [3.05, 3.63) is 95.7 Å². The number of aromatic nitrogens is 1. The van der Waals surface area contributed by atoms with E-state index in [1.165, 1.54) is 11.8 Å². The van der Waals surface area contributed by atoms with Crippen LogP contribution in [0.3, 0.4) is 0 Å². The van der Waals surface area contributed by atoms with Crippen LogP contribution in [0.5, 0.6) is 0 Å². The molecule has 2 aromatic carbocycles. The maximum atomic E-state index is 13.4. The SMILES string of the molecule is CC(Sc1ccc(C(=O)N2CCCC2)cn1)C(=O)N(Cc1ccccc1)Cc1ccccc1. The Morgan fingerprint density at radius 2 is 1.48 bits per heavy atom. The third-order valence-electron chi connectivity index (χ3n) is 5.77. The molecule has 2 amide bonds. The first kappa shape index (κ1) is 23.1. The van der Waals surface area contributed by atoms with Crippen LogP contribution in [0.1, 0.15) is 41.3 Å². The minimum Gasteiger partial charge on any atom is -0.339 e. The van der Waals surface area contributed by atoms with Gasteiger partial charge >= 0.3 is 0 Å². The van der Waals surface area contributed by atoms with Gasteiger partial charge in [0.05, 0.1) is 15.8 Å². The van der Waals surface area contributed by atoms with E-state index >= 15 is 0 Å². The van der Waals surface area contributed by atoms with Crippen LogP contribution in [0, 0.1) is 0 Å². The summed E-state index contributed by atoms with van der Waals surface area (Å²) in [5.41, 5.74) is 2.80. The normalized spacial score (nSPS) is 14.2. The Hall–Kier alpha value is -3.12. The van der Waals surface area contributed by atoms with Gasteiger partial charge in [-0.2, -0.15) is 0 Å². The summed E-state index contributed by atoms with van der Waals surface area (Å²) >= 11 is 1.43. The molecule has 0 aliphatic carbocycles. The standard InChI is InChI=1S/C27H29N3O2S/c1-21(33-25-15-14-24(18-28-25)27(32)29-16-8-9-17-29)26(31)30(19-22-10-4-2-5-11-22)20-23-12-6-3-7-13-23/h2-7,10-15,18,21H,8-9,16-17,19-20H2,1H3. The molecule has 1 aliphatic rings. The molecule has 0 bridgehead atoms. The van der Waals surface area contributed by atoms with E-state index in [1.807, 2.05) is 89.5 Å². The van der Waals surface area contributed by atoms with Crippen molar-refractivity contribution in [2.24, 2.45) is 0 Å². The number of hydrogen-bond donors (Lipinski definition) is 0. The molecule has 0 radical (unpaired) electrons. The molecule has 0 N–H and O–H groups in total. The molecule has 33 heavy (non-hydrogen) atoms. The van der Waals surface area contributed by atoms with Crippen LogP contribution in [0.4, 0.5) is 0 Å². The molecule has 0 spiro atoms. The lowest BCUT2D eigenvalue weighted by molar-refractivity contribution is -0.131. The van der Waals surface area contributed by atoms with Crippen LogP contribution in [0.2, 0.25) is 0 Å². The third-order valence-corrected chi connectivity index (χ3v) is 6.80. The van der Waals surface area contributed by atoms with Crippen LogP contribution in [-0.2, 0) is 17.9 Å². The van der Waals surface area contributed by atoms with Gasteiger partial charge in [-0.3, -0.25) is 9.59 Å². The second-order valence-corrected chi connectivity index (χ2v) is 9.67. The molecule has 4 rings (SSSR count). The van der Waals surface area contributed by atoms with E-state index in [2.05, 4.69) is 4.98 Å². The van der Waals surface area contributed by atoms with Gasteiger partial charge in [0.1, 0.15) is 0 Å². The monoisotopic (exact) mass is 459 g/mol. The van der Waals surface area contributed by atoms with E-state index in [0.29, 0.717) is 18.7 Å². The predicted octanol–water partition coefficient (Wildman–Crippen LogP) is 5.03. The van der Waals surface area contributed by atoms with Gasteiger partial charge in [0.15, 0.2) is 0 Å². The van der Waals surface area contributed by atoms with Gasteiger partial charge in [-0.25, -0.2) is 4.98 Å². The summed E-state index contributed by atoms with van der Waals surface area (Å²) in [6.45, 7) is 4.66. The fraction of sp³-hybridized carbons (Fsp3) is 0.296. The minimum atomic E-state index is -0.301. The van der Waals surface area contributed by atoms with Crippen molar-refractivity contribution in [3.63, 3.8) is 0 Å². The fourth-order valence-corrected chi connectivity index (χ4v) is 4.86. The van der Waals surface area contributed by atoms with E-state index in [9.17, 15) is 9.59 Å². The molecule has 1 atom stereocenters. The van der Waals surface area contributed by atoms with Crippen molar-refractivity contribution < 1.29 is 9.59 Å². The Labute approximate surface area is 199 Å². The van der Waals surface area contributed by atoms with Gasteiger partial charge in [-0.05, 0) is 43.0 Å². The number of carbonyl (C=O) groups excluding carboxylic acids is 2. The Morgan fingerprint density at radius 1 is 0.909 bits per heavy atom.